The number of likely N-dealkylation sites (tertiary alicyclic amines) is 1. The summed E-state index contributed by atoms with van der Waals surface area (Å²) in [4.78, 5) is 6.83. The SMILES string of the molecule is CN=C(NCCN1CCCC(C)C1)NCc1cccc(OC)c1. The zero-order chi connectivity index (χ0) is 16.5. The summed E-state index contributed by atoms with van der Waals surface area (Å²) >= 11 is 0. The van der Waals surface area contributed by atoms with Gasteiger partial charge in [0.2, 0.25) is 0 Å². The van der Waals surface area contributed by atoms with Crippen LogP contribution >= 0.6 is 0 Å². The van der Waals surface area contributed by atoms with Gasteiger partial charge in [0.1, 0.15) is 5.75 Å². The Labute approximate surface area is 140 Å². The summed E-state index contributed by atoms with van der Waals surface area (Å²) in [6.07, 6.45) is 2.69. The van der Waals surface area contributed by atoms with Crippen molar-refractivity contribution in [1.29, 1.82) is 0 Å². The first-order valence-corrected chi connectivity index (χ1v) is 8.51. The third kappa shape index (κ3) is 6.10. The summed E-state index contributed by atoms with van der Waals surface area (Å²) in [5, 5.41) is 6.74. The second kappa shape index (κ2) is 9.40. The van der Waals surface area contributed by atoms with Crippen LogP contribution in [-0.2, 0) is 6.54 Å². The molecule has 1 unspecified atom stereocenters. The molecule has 2 N–H and O–H groups in total. The van der Waals surface area contributed by atoms with E-state index in [1.807, 2.05) is 25.2 Å². The molecule has 5 nitrogen and oxygen atoms in total. The fourth-order valence-corrected chi connectivity index (χ4v) is 3.01. The first-order chi connectivity index (χ1) is 11.2. The van der Waals surface area contributed by atoms with Crippen molar-refractivity contribution in [2.24, 2.45) is 10.9 Å². The van der Waals surface area contributed by atoms with Crippen LogP contribution in [0.1, 0.15) is 25.3 Å². The topological polar surface area (TPSA) is 48.9 Å². The van der Waals surface area contributed by atoms with Gasteiger partial charge in [-0.1, -0.05) is 19.1 Å². The van der Waals surface area contributed by atoms with Crippen LogP contribution in [0.5, 0.6) is 5.75 Å². The Kier molecular flexibility index (Phi) is 7.20. The van der Waals surface area contributed by atoms with Crippen LogP contribution in [0.25, 0.3) is 0 Å². The summed E-state index contributed by atoms with van der Waals surface area (Å²) < 4.78 is 5.25. The highest BCUT2D eigenvalue weighted by atomic mass is 16.5. The van der Waals surface area contributed by atoms with Crippen molar-refractivity contribution in [3.05, 3.63) is 29.8 Å². The number of nitrogens with one attached hydrogen (secondary N) is 2. The fourth-order valence-electron chi connectivity index (χ4n) is 3.01. The number of aliphatic imine (C=N–C) groups is 1. The normalized spacial score (nSPS) is 19.4. The third-order valence-electron chi connectivity index (χ3n) is 4.28. The van der Waals surface area contributed by atoms with Gasteiger partial charge in [0.05, 0.1) is 7.11 Å². The summed E-state index contributed by atoms with van der Waals surface area (Å²) in [5.41, 5.74) is 1.18. The highest BCUT2D eigenvalue weighted by molar-refractivity contribution is 5.79. The molecule has 1 saturated heterocycles. The van der Waals surface area contributed by atoms with Crippen molar-refractivity contribution in [3.8, 4) is 5.75 Å². The Morgan fingerprint density at radius 3 is 3.00 bits per heavy atom. The molecule has 0 amide bonds. The average Bonchev–Trinajstić information content (AvgIpc) is 2.58. The molecular formula is C18H30N4O. The highest BCUT2D eigenvalue weighted by Crippen LogP contribution is 2.14. The van der Waals surface area contributed by atoms with Gasteiger partial charge < -0.3 is 20.3 Å². The Balaban J connectivity index is 1.70. The van der Waals surface area contributed by atoms with Crippen molar-refractivity contribution >= 4 is 5.96 Å². The Hall–Kier alpha value is -1.75. The molecule has 1 fully saturated rings. The van der Waals surface area contributed by atoms with E-state index in [2.05, 4.69) is 33.5 Å². The second-order valence-corrected chi connectivity index (χ2v) is 6.25. The minimum Gasteiger partial charge on any atom is -0.497 e. The minimum absolute atomic E-state index is 0.734. The Morgan fingerprint density at radius 2 is 2.26 bits per heavy atom. The van der Waals surface area contributed by atoms with Gasteiger partial charge in [0, 0.05) is 33.2 Å². The van der Waals surface area contributed by atoms with Crippen LogP contribution in [-0.4, -0.2) is 51.2 Å². The lowest BCUT2D eigenvalue weighted by molar-refractivity contribution is 0.187. The predicted octanol–water partition coefficient (Wildman–Crippen LogP) is 2.09. The van der Waals surface area contributed by atoms with E-state index in [0.29, 0.717) is 0 Å². The molecule has 23 heavy (non-hydrogen) atoms. The second-order valence-electron chi connectivity index (χ2n) is 6.25. The Bertz CT molecular complexity index is 504. The third-order valence-corrected chi connectivity index (χ3v) is 4.28. The van der Waals surface area contributed by atoms with Crippen molar-refractivity contribution in [3.63, 3.8) is 0 Å². The van der Waals surface area contributed by atoms with Gasteiger partial charge in [-0.25, -0.2) is 0 Å². The van der Waals surface area contributed by atoms with Gasteiger partial charge in [-0.15, -0.1) is 0 Å². The largest absolute Gasteiger partial charge is 0.497 e. The van der Waals surface area contributed by atoms with Gasteiger partial charge in [0.15, 0.2) is 5.96 Å². The number of ether oxygens (including phenoxy) is 1. The van der Waals surface area contributed by atoms with Crippen LogP contribution in [0.2, 0.25) is 0 Å². The standard InChI is InChI=1S/C18H30N4O/c1-15-6-5-10-22(14-15)11-9-20-18(19-2)21-13-16-7-4-8-17(12-16)23-3/h4,7-8,12,15H,5-6,9-11,13-14H2,1-3H3,(H2,19,20,21). The molecule has 0 aliphatic carbocycles. The number of hydrogen-bond acceptors (Lipinski definition) is 3. The lowest BCUT2D eigenvalue weighted by atomic mass is 10.0. The number of piperidine rings is 1. The maximum absolute atomic E-state index is 5.25. The molecule has 5 heteroatoms. The van der Waals surface area contributed by atoms with E-state index in [4.69, 9.17) is 4.74 Å². The maximum atomic E-state index is 5.25. The van der Waals surface area contributed by atoms with E-state index in [1.165, 1.54) is 31.5 Å². The van der Waals surface area contributed by atoms with E-state index in [9.17, 15) is 0 Å². The average molecular weight is 318 g/mol. The zero-order valence-corrected chi connectivity index (χ0v) is 14.6. The van der Waals surface area contributed by atoms with Crippen LogP contribution < -0.4 is 15.4 Å². The van der Waals surface area contributed by atoms with E-state index < -0.39 is 0 Å². The fraction of sp³-hybridized carbons (Fsp3) is 0.611. The number of nitrogens with zero attached hydrogens (tertiary/aromatic N) is 2. The first kappa shape index (κ1) is 17.6. The molecular weight excluding hydrogens is 288 g/mol. The van der Waals surface area contributed by atoms with Gasteiger partial charge >= 0.3 is 0 Å². The zero-order valence-electron chi connectivity index (χ0n) is 14.6. The molecule has 1 heterocycles. The van der Waals surface area contributed by atoms with Crippen LogP contribution in [0.4, 0.5) is 0 Å². The maximum Gasteiger partial charge on any atom is 0.191 e. The van der Waals surface area contributed by atoms with E-state index in [0.717, 1.165) is 37.3 Å². The summed E-state index contributed by atoms with van der Waals surface area (Å²) in [6.45, 7) is 7.51. The van der Waals surface area contributed by atoms with Crippen LogP contribution in [0, 0.1) is 5.92 Å². The molecule has 1 aromatic carbocycles. The molecule has 0 saturated carbocycles. The first-order valence-electron chi connectivity index (χ1n) is 8.51. The molecule has 1 atom stereocenters. The summed E-state index contributed by atoms with van der Waals surface area (Å²) in [7, 11) is 3.50. The predicted molar refractivity (Wildman–Crippen MR) is 96.0 cm³/mol. The van der Waals surface area contributed by atoms with Crippen molar-refractivity contribution in [2.75, 3.05) is 40.3 Å². The minimum atomic E-state index is 0.734. The van der Waals surface area contributed by atoms with Gasteiger partial charge in [-0.05, 0) is 43.0 Å². The van der Waals surface area contributed by atoms with E-state index in [1.54, 1.807) is 7.11 Å². The molecule has 1 aromatic rings. The molecule has 2 rings (SSSR count). The summed E-state index contributed by atoms with van der Waals surface area (Å²) in [5.74, 6) is 2.55. The molecule has 0 radical (unpaired) electrons. The van der Waals surface area contributed by atoms with Gasteiger partial charge in [-0.3, -0.25) is 4.99 Å². The molecule has 1 aliphatic heterocycles. The van der Waals surface area contributed by atoms with Crippen molar-refractivity contribution in [1.82, 2.24) is 15.5 Å². The highest BCUT2D eigenvalue weighted by Gasteiger charge is 2.15. The summed E-state index contributed by atoms with van der Waals surface area (Å²) in [6, 6.07) is 8.08. The number of rotatable bonds is 6. The number of methoxy groups -OCH3 is 1. The van der Waals surface area contributed by atoms with Crippen molar-refractivity contribution in [2.45, 2.75) is 26.3 Å². The van der Waals surface area contributed by atoms with Gasteiger partial charge in [0.25, 0.3) is 0 Å². The molecule has 128 valence electrons. The molecule has 0 spiro atoms. The monoisotopic (exact) mass is 318 g/mol. The smallest absolute Gasteiger partial charge is 0.191 e. The Morgan fingerprint density at radius 1 is 1.39 bits per heavy atom. The quantitative estimate of drug-likeness (QED) is 0.623. The van der Waals surface area contributed by atoms with Crippen LogP contribution in [0.3, 0.4) is 0 Å². The number of benzene rings is 1. The van der Waals surface area contributed by atoms with Crippen LogP contribution in [0.15, 0.2) is 29.3 Å². The molecule has 0 bridgehead atoms. The van der Waals surface area contributed by atoms with Gasteiger partial charge in [-0.2, -0.15) is 0 Å². The molecule has 1 aliphatic rings. The van der Waals surface area contributed by atoms with Crippen molar-refractivity contribution < 1.29 is 4.74 Å². The molecule has 0 aromatic heterocycles. The number of hydrogen-bond donors (Lipinski definition) is 2. The lowest BCUT2D eigenvalue weighted by Gasteiger charge is -2.30. The number of guanidine groups is 1. The lowest BCUT2D eigenvalue weighted by Crippen LogP contribution is -2.43. The van der Waals surface area contributed by atoms with E-state index in [-0.39, 0.29) is 0 Å². The van der Waals surface area contributed by atoms with E-state index >= 15 is 0 Å².